The minimum Gasteiger partial charge on any atom is -0.309 e. The predicted molar refractivity (Wildman–Crippen MR) is 61.5 cm³/mol. The maximum atomic E-state index is 3.93. The molecule has 0 bridgehead atoms. The summed E-state index contributed by atoms with van der Waals surface area (Å²) >= 11 is 0. The number of nitrogens with one attached hydrogen (secondary N) is 1. The van der Waals surface area contributed by atoms with Crippen molar-refractivity contribution in [3.05, 3.63) is 0 Å². The lowest BCUT2D eigenvalue weighted by Gasteiger charge is -2.31. The highest BCUT2D eigenvalue weighted by Crippen LogP contribution is 2.31. The molecule has 1 nitrogen and oxygen atoms in total. The van der Waals surface area contributed by atoms with Gasteiger partial charge < -0.3 is 5.32 Å². The average molecular weight is 195 g/mol. The van der Waals surface area contributed by atoms with Gasteiger partial charge in [0.2, 0.25) is 0 Å². The summed E-state index contributed by atoms with van der Waals surface area (Å²) < 4.78 is 0. The van der Waals surface area contributed by atoms with E-state index in [2.05, 4.69) is 12.2 Å². The van der Waals surface area contributed by atoms with Crippen LogP contribution in [0, 0.1) is 0 Å². The number of hydrogen-bond acceptors (Lipinski definition) is 1. The van der Waals surface area contributed by atoms with E-state index in [1.54, 1.807) is 0 Å². The van der Waals surface area contributed by atoms with Crippen LogP contribution < -0.4 is 5.32 Å². The SMILES string of the molecule is CC1(NC2CCCCCC2)CCCC1. The molecule has 0 unspecified atom stereocenters. The van der Waals surface area contributed by atoms with E-state index < -0.39 is 0 Å². The van der Waals surface area contributed by atoms with Crippen molar-refractivity contribution in [2.75, 3.05) is 0 Å². The van der Waals surface area contributed by atoms with Crippen LogP contribution >= 0.6 is 0 Å². The van der Waals surface area contributed by atoms with E-state index in [0.717, 1.165) is 6.04 Å². The quantitative estimate of drug-likeness (QED) is 0.663. The zero-order valence-electron chi connectivity index (χ0n) is 9.65. The molecule has 0 saturated heterocycles. The van der Waals surface area contributed by atoms with Crippen molar-refractivity contribution in [1.82, 2.24) is 5.32 Å². The Kier molecular flexibility index (Phi) is 3.48. The molecule has 0 amide bonds. The van der Waals surface area contributed by atoms with Crippen LogP contribution in [0.4, 0.5) is 0 Å². The van der Waals surface area contributed by atoms with E-state index in [-0.39, 0.29) is 0 Å². The Balaban J connectivity index is 1.82. The molecule has 0 aromatic rings. The van der Waals surface area contributed by atoms with E-state index >= 15 is 0 Å². The first kappa shape index (κ1) is 10.5. The summed E-state index contributed by atoms with van der Waals surface area (Å²) in [6.45, 7) is 2.44. The van der Waals surface area contributed by atoms with Crippen LogP contribution in [0.5, 0.6) is 0 Å². The Morgan fingerprint density at radius 1 is 0.857 bits per heavy atom. The van der Waals surface area contributed by atoms with Gasteiger partial charge in [0.05, 0.1) is 0 Å². The number of hydrogen-bond donors (Lipinski definition) is 1. The van der Waals surface area contributed by atoms with Crippen LogP contribution in [0.15, 0.2) is 0 Å². The minimum atomic E-state index is 0.495. The molecule has 2 saturated carbocycles. The van der Waals surface area contributed by atoms with Gasteiger partial charge in [-0.3, -0.25) is 0 Å². The van der Waals surface area contributed by atoms with E-state index in [0.29, 0.717) is 5.54 Å². The normalized spacial score (nSPS) is 28.9. The third-order valence-corrected chi connectivity index (χ3v) is 4.11. The highest BCUT2D eigenvalue weighted by molar-refractivity contribution is 4.91. The molecular weight excluding hydrogens is 170 g/mol. The molecular formula is C13H25N. The summed E-state index contributed by atoms with van der Waals surface area (Å²) in [7, 11) is 0. The van der Waals surface area contributed by atoms with Gasteiger partial charge >= 0.3 is 0 Å². The van der Waals surface area contributed by atoms with E-state index in [1.165, 1.54) is 64.2 Å². The van der Waals surface area contributed by atoms with Gasteiger partial charge in [-0.05, 0) is 32.6 Å². The lowest BCUT2D eigenvalue weighted by Crippen LogP contribution is -2.45. The van der Waals surface area contributed by atoms with Gasteiger partial charge in [-0.15, -0.1) is 0 Å². The first-order chi connectivity index (χ1) is 6.79. The molecule has 0 heterocycles. The highest BCUT2D eigenvalue weighted by atomic mass is 15.0. The average Bonchev–Trinajstić information content (AvgIpc) is 2.43. The van der Waals surface area contributed by atoms with Crippen molar-refractivity contribution in [2.45, 2.75) is 82.7 Å². The summed E-state index contributed by atoms with van der Waals surface area (Å²) in [6.07, 6.45) is 14.4. The maximum Gasteiger partial charge on any atom is 0.0155 e. The highest BCUT2D eigenvalue weighted by Gasteiger charge is 2.30. The van der Waals surface area contributed by atoms with Gasteiger partial charge in [0.15, 0.2) is 0 Å². The van der Waals surface area contributed by atoms with Crippen molar-refractivity contribution in [3.63, 3.8) is 0 Å². The van der Waals surface area contributed by atoms with Crippen LogP contribution in [-0.2, 0) is 0 Å². The second kappa shape index (κ2) is 4.65. The Hall–Kier alpha value is -0.0400. The molecule has 2 rings (SSSR count). The van der Waals surface area contributed by atoms with Gasteiger partial charge in [0.1, 0.15) is 0 Å². The summed E-state index contributed by atoms with van der Waals surface area (Å²) in [4.78, 5) is 0. The second-order valence-electron chi connectivity index (χ2n) is 5.60. The van der Waals surface area contributed by atoms with Crippen molar-refractivity contribution in [3.8, 4) is 0 Å². The molecule has 0 aromatic heterocycles. The summed E-state index contributed by atoms with van der Waals surface area (Å²) in [6, 6.07) is 0.834. The van der Waals surface area contributed by atoms with Gasteiger partial charge in [-0.25, -0.2) is 0 Å². The summed E-state index contributed by atoms with van der Waals surface area (Å²) in [5.74, 6) is 0. The molecule has 0 aliphatic heterocycles. The Bertz CT molecular complexity index is 162. The van der Waals surface area contributed by atoms with Gasteiger partial charge in [-0.2, -0.15) is 0 Å². The van der Waals surface area contributed by atoms with Crippen molar-refractivity contribution < 1.29 is 0 Å². The summed E-state index contributed by atoms with van der Waals surface area (Å²) in [5, 5.41) is 3.93. The van der Waals surface area contributed by atoms with Crippen LogP contribution in [0.2, 0.25) is 0 Å². The monoisotopic (exact) mass is 195 g/mol. The standard InChI is InChI=1S/C13H25N/c1-13(10-6-7-11-13)14-12-8-4-2-3-5-9-12/h12,14H,2-11H2,1H3. The van der Waals surface area contributed by atoms with Crippen molar-refractivity contribution in [1.29, 1.82) is 0 Å². The van der Waals surface area contributed by atoms with Crippen LogP contribution in [0.25, 0.3) is 0 Å². The molecule has 0 radical (unpaired) electrons. The maximum absolute atomic E-state index is 3.93. The molecule has 2 aliphatic rings. The van der Waals surface area contributed by atoms with Crippen LogP contribution in [-0.4, -0.2) is 11.6 Å². The Labute approximate surface area is 88.7 Å². The van der Waals surface area contributed by atoms with E-state index in [9.17, 15) is 0 Å². The molecule has 82 valence electrons. The zero-order chi connectivity index (χ0) is 9.86. The van der Waals surface area contributed by atoms with Crippen LogP contribution in [0.1, 0.15) is 71.1 Å². The molecule has 0 atom stereocenters. The third-order valence-electron chi connectivity index (χ3n) is 4.11. The molecule has 2 aliphatic carbocycles. The smallest absolute Gasteiger partial charge is 0.0155 e. The predicted octanol–water partition coefficient (Wildman–Crippen LogP) is 3.63. The van der Waals surface area contributed by atoms with Gasteiger partial charge in [0, 0.05) is 11.6 Å². The molecule has 1 heteroatoms. The van der Waals surface area contributed by atoms with Gasteiger partial charge in [-0.1, -0.05) is 38.5 Å². The Morgan fingerprint density at radius 3 is 2.00 bits per heavy atom. The minimum absolute atomic E-state index is 0.495. The van der Waals surface area contributed by atoms with E-state index in [1.807, 2.05) is 0 Å². The second-order valence-corrected chi connectivity index (χ2v) is 5.60. The molecule has 14 heavy (non-hydrogen) atoms. The Morgan fingerprint density at radius 2 is 1.43 bits per heavy atom. The zero-order valence-corrected chi connectivity index (χ0v) is 9.65. The fraction of sp³-hybridized carbons (Fsp3) is 1.00. The topological polar surface area (TPSA) is 12.0 Å². The largest absolute Gasteiger partial charge is 0.309 e. The fourth-order valence-corrected chi connectivity index (χ4v) is 3.22. The fourth-order valence-electron chi connectivity index (χ4n) is 3.22. The molecule has 0 aromatic carbocycles. The first-order valence-corrected chi connectivity index (χ1v) is 6.56. The van der Waals surface area contributed by atoms with E-state index in [4.69, 9.17) is 0 Å². The molecule has 0 spiro atoms. The van der Waals surface area contributed by atoms with Gasteiger partial charge in [0.25, 0.3) is 0 Å². The number of rotatable bonds is 2. The first-order valence-electron chi connectivity index (χ1n) is 6.56. The van der Waals surface area contributed by atoms with Crippen molar-refractivity contribution >= 4 is 0 Å². The third kappa shape index (κ3) is 2.73. The van der Waals surface area contributed by atoms with Crippen molar-refractivity contribution in [2.24, 2.45) is 0 Å². The molecule has 1 N–H and O–H groups in total. The summed E-state index contributed by atoms with van der Waals surface area (Å²) in [5.41, 5.74) is 0.495. The van der Waals surface area contributed by atoms with Crippen LogP contribution in [0.3, 0.4) is 0 Å². The lowest BCUT2D eigenvalue weighted by molar-refractivity contribution is 0.296. The molecule has 2 fully saturated rings. The lowest BCUT2D eigenvalue weighted by atomic mass is 9.97.